The Morgan fingerprint density at radius 3 is 1.74 bits per heavy atom. The molecule has 1 rings (SSSR count). The minimum atomic E-state index is -5.06. The molecule has 1 saturated heterocycles. The lowest BCUT2D eigenvalue weighted by Gasteiger charge is -2.41. The molecule has 0 aromatic heterocycles. The molecule has 13 heteroatoms. The minimum absolute atomic E-state index is 0.0341. The van der Waals surface area contributed by atoms with Gasteiger partial charge >= 0.3 is 16.4 Å². The fourth-order valence-corrected chi connectivity index (χ4v) is 7.40. The smallest absolute Gasteiger partial charge is 0.397 e. The van der Waals surface area contributed by atoms with Gasteiger partial charge in [0.15, 0.2) is 6.29 Å². The van der Waals surface area contributed by atoms with Gasteiger partial charge in [0.05, 0.1) is 19.8 Å². The summed E-state index contributed by atoms with van der Waals surface area (Å²) in [5.41, 5.74) is 0. The number of allylic oxidation sites excluding steroid dienone is 4. The summed E-state index contributed by atoms with van der Waals surface area (Å²) >= 11 is 0. The van der Waals surface area contributed by atoms with Crippen LogP contribution in [0.4, 0.5) is 0 Å². The van der Waals surface area contributed by atoms with Crippen LogP contribution in [0.5, 0.6) is 0 Å². The molecule has 1 fully saturated rings. The Bertz CT molecular complexity index is 1100. The largest absolute Gasteiger partial charge is 0.457 e. The molecule has 57 heavy (non-hydrogen) atoms. The average molecular weight is 835 g/mol. The predicted octanol–water partition coefficient (Wildman–Crippen LogP) is 9.24. The van der Waals surface area contributed by atoms with Crippen LogP contribution in [0.2, 0.25) is 0 Å². The molecule has 0 aliphatic carbocycles. The van der Waals surface area contributed by atoms with E-state index in [9.17, 15) is 28.5 Å². The third-order valence-corrected chi connectivity index (χ3v) is 10.8. The molecule has 12 nitrogen and oxygen atoms in total. The summed E-state index contributed by atoms with van der Waals surface area (Å²) in [7, 11) is -5.06. The van der Waals surface area contributed by atoms with Crippen LogP contribution in [0.15, 0.2) is 24.3 Å². The highest BCUT2D eigenvalue weighted by Gasteiger charge is 2.48. The van der Waals surface area contributed by atoms with E-state index in [1.807, 2.05) is 0 Å². The first kappa shape index (κ1) is 53.6. The molecule has 336 valence electrons. The fraction of sp³-hybridized carbons (Fsp3) is 0.886. The van der Waals surface area contributed by atoms with Crippen molar-refractivity contribution in [3.05, 3.63) is 24.3 Å². The number of carbonyl (C=O) groups excluding carboxylic acids is 1. The molecule has 0 spiro atoms. The van der Waals surface area contributed by atoms with Gasteiger partial charge in [-0.3, -0.25) is 9.35 Å². The molecule has 6 unspecified atom stereocenters. The van der Waals surface area contributed by atoms with Crippen molar-refractivity contribution in [2.75, 3.05) is 26.4 Å². The van der Waals surface area contributed by atoms with E-state index in [-0.39, 0.29) is 19.6 Å². The molecule has 0 aromatic rings. The molecule has 4 N–H and O–H groups in total. The summed E-state index contributed by atoms with van der Waals surface area (Å²) < 4.78 is 59.0. The maximum absolute atomic E-state index is 12.8. The van der Waals surface area contributed by atoms with Crippen LogP contribution in [0.3, 0.4) is 0 Å². The zero-order chi connectivity index (χ0) is 41.8. The zero-order valence-corrected chi connectivity index (χ0v) is 36.5. The molecule has 0 bridgehead atoms. The number of ether oxygens (including phenoxy) is 4. The maximum atomic E-state index is 12.8. The van der Waals surface area contributed by atoms with Gasteiger partial charge in [-0.05, 0) is 38.5 Å². The van der Waals surface area contributed by atoms with Crippen LogP contribution in [0, 0.1) is 0 Å². The number of hydrogen-bond donors (Lipinski definition) is 4. The Balaban J connectivity index is 2.42. The lowest BCUT2D eigenvalue weighted by atomic mass is 9.99. The van der Waals surface area contributed by atoms with Gasteiger partial charge in [-0.25, -0.2) is 4.18 Å². The number of hydrogen-bond acceptors (Lipinski definition) is 11. The SMILES string of the molecule is CCC/C=C\C/C=C\CCCCCCCC(=O)OC(COCCCCCCCCCCCCCCCCCCC)COC1OC(CO)C(O)C(OS(=O)(=O)O)C1O. The zero-order valence-electron chi connectivity index (χ0n) is 35.7. The van der Waals surface area contributed by atoms with E-state index in [0.29, 0.717) is 13.0 Å². The number of aliphatic hydroxyl groups excluding tert-OH is 3. The van der Waals surface area contributed by atoms with Gasteiger partial charge in [0.2, 0.25) is 0 Å². The lowest BCUT2D eigenvalue weighted by Crippen LogP contribution is -2.60. The third kappa shape index (κ3) is 30.3. The summed E-state index contributed by atoms with van der Waals surface area (Å²) in [5, 5.41) is 30.6. The van der Waals surface area contributed by atoms with Gasteiger partial charge in [0.25, 0.3) is 0 Å². The summed E-state index contributed by atoms with van der Waals surface area (Å²) in [6, 6.07) is 0. The van der Waals surface area contributed by atoms with Crippen molar-refractivity contribution in [3.63, 3.8) is 0 Å². The summed E-state index contributed by atoms with van der Waals surface area (Å²) in [5.74, 6) is -0.412. The number of carbonyl (C=O) groups is 1. The Hall–Kier alpha value is -1.42. The lowest BCUT2D eigenvalue weighted by molar-refractivity contribution is -0.301. The van der Waals surface area contributed by atoms with E-state index in [0.717, 1.165) is 64.2 Å². The molecular weight excluding hydrogens is 753 g/mol. The third-order valence-electron chi connectivity index (χ3n) is 10.3. The highest BCUT2D eigenvalue weighted by atomic mass is 32.3. The molecular formula is C44H82O12S. The first-order valence-electron chi connectivity index (χ1n) is 22.6. The Kier molecular flexibility index (Phi) is 34.3. The van der Waals surface area contributed by atoms with E-state index < -0.39 is 59.8 Å². The van der Waals surface area contributed by atoms with Crippen molar-refractivity contribution in [2.45, 2.75) is 224 Å². The van der Waals surface area contributed by atoms with E-state index in [1.165, 1.54) is 96.3 Å². The second kappa shape index (κ2) is 36.4. The Morgan fingerprint density at radius 2 is 1.19 bits per heavy atom. The maximum Gasteiger partial charge on any atom is 0.397 e. The second-order valence-electron chi connectivity index (χ2n) is 15.6. The standard InChI is InChI=1S/C44H82O12S/c1-3-5-7-9-11-13-15-17-18-19-20-22-24-26-28-30-32-34-52-36-38(37-53-44-42(48)43(56-57(49,50)51)41(47)39(35-45)55-44)54-40(46)33-31-29-27-25-23-21-16-14-12-10-8-6-4-2/h8,10,14,16,38-39,41-45,47-48H,3-7,9,11-13,15,17-37H2,1-2H3,(H,49,50,51)/b10-8-,16-14-. The van der Waals surface area contributed by atoms with Crippen LogP contribution in [-0.4, -0.2) is 97.5 Å². The number of aliphatic hydroxyl groups is 3. The van der Waals surface area contributed by atoms with E-state index in [4.69, 9.17) is 23.5 Å². The Morgan fingerprint density at radius 1 is 0.667 bits per heavy atom. The molecule has 1 aliphatic rings. The molecule has 1 heterocycles. The van der Waals surface area contributed by atoms with Gasteiger partial charge in [0.1, 0.15) is 30.5 Å². The molecule has 0 aromatic carbocycles. The van der Waals surface area contributed by atoms with Crippen molar-refractivity contribution in [2.24, 2.45) is 0 Å². The second-order valence-corrected chi connectivity index (χ2v) is 16.7. The van der Waals surface area contributed by atoms with Crippen molar-refractivity contribution >= 4 is 16.4 Å². The van der Waals surface area contributed by atoms with Crippen molar-refractivity contribution in [3.8, 4) is 0 Å². The number of rotatable bonds is 39. The molecule has 0 radical (unpaired) electrons. The van der Waals surface area contributed by atoms with Gasteiger partial charge in [-0.2, -0.15) is 8.42 Å². The molecule has 0 amide bonds. The monoisotopic (exact) mass is 835 g/mol. The van der Waals surface area contributed by atoms with Crippen LogP contribution in [0.1, 0.15) is 187 Å². The van der Waals surface area contributed by atoms with Crippen LogP contribution < -0.4 is 0 Å². The number of esters is 1. The normalized spacial score (nSPS) is 20.8. The van der Waals surface area contributed by atoms with Gasteiger partial charge in [-0.1, -0.05) is 167 Å². The first-order valence-corrected chi connectivity index (χ1v) is 24.0. The molecule has 1 aliphatic heterocycles. The average Bonchev–Trinajstić information content (AvgIpc) is 3.18. The quantitative estimate of drug-likeness (QED) is 0.0200. The van der Waals surface area contributed by atoms with E-state index in [1.54, 1.807) is 0 Å². The fourth-order valence-electron chi connectivity index (χ4n) is 6.89. The topological polar surface area (TPSA) is 178 Å². The highest BCUT2D eigenvalue weighted by Crippen LogP contribution is 2.26. The van der Waals surface area contributed by atoms with Crippen LogP contribution in [-0.2, 0) is 38.3 Å². The van der Waals surface area contributed by atoms with E-state index >= 15 is 0 Å². The first-order chi connectivity index (χ1) is 27.6. The van der Waals surface area contributed by atoms with Crippen molar-refractivity contribution in [1.29, 1.82) is 0 Å². The molecule has 0 saturated carbocycles. The summed E-state index contributed by atoms with van der Waals surface area (Å²) in [6.45, 7) is 3.92. The van der Waals surface area contributed by atoms with Gasteiger partial charge < -0.3 is 34.3 Å². The minimum Gasteiger partial charge on any atom is -0.457 e. The summed E-state index contributed by atoms with van der Waals surface area (Å²) in [6.07, 6.45) is 30.7. The van der Waals surface area contributed by atoms with Crippen molar-refractivity contribution < 1.29 is 56.2 Å². The number of unbranched alkanes of at least 4 members (excludes halogenated alkanes) is 22. The van der Waals surface area contributed by atoms with Gasteiger partial charge in [0, 0.05) is 13.0 Å². The van der Waals surface area contributed by atoms with Crippen molar-refractivity contribution in [1.82, 2.24) is 0 Å². The van der Waals surface area contributed by atoms with Crippen LogP contribution >= 0.6 is 0 Å². The highest BCUT2D eigenvalue weighted by molar-refractivity contribution is 7.80. The molecule has 6 atom stereocenters. The Labute approximate surface area is 346 Å². The summed E-state index contributed by atoms with van der Waals surface area (Å²) in [4.78, 5) is 12.8. The predicted molar refractivity (Wildman–Crippen MR) is 225 cm³/mol. The van der Waals surface area contributed by atoms with Gasteiger partial charge in [-0.15, -0.1) is 0 Å². The van der Waals surface area contributed by atoms with E-state index in [2.05, 4.69) is 42.3 Å². The van der Waals surface area contributed by atoms with Crippen LogP contribution in [0.25, 0.3) is 0 Å².